The van der Waals surface area contributed by atoms with Gasteiger partial charge in [0, 0.05) is 0 Å². The Morgan fingerprint density at radius 2 is 2.11 bits per heavy atom. The molecule has 0 radical (unpaired) electrons. The first-order valence-corrected chi connectivity index (χ1v) is 6.48. The van der Waals surface area contributed by atoms with Crippen LogP contribution in [0.5, 0.6) is 5.75 Å². The van der Waals surface area contributed by atoms with Crippen LogP contribution in [0.2, 0.25) is 0 Å². The summed E-state index contributed by atoms with van der Waals surface area (Å²) in [5.74, 6) is -0.496. The number of carboxylic acid groups (broad SMARTS) is 1. The standard InChI is InChI=1S/C14H20FNO3/c1-2-4-13(14(17)18)16-9-3-10-19-12-7-5-11(15)6-8-12/h5-8,13,16H,2-4,9-10H2,1H3,(H,17,18). The van der Waals surface area contributed by atoms with E-state index in [0.29, 0.717) is 31.7 Å². The zero-order valence-corrected chi connectivity index (χ0v) is 11.1. The van der Waals surface area contributed by atoms with Crippen molar-refractivity contribution in [1.82, 2.24) is 5.32 Å². The fourth-order valence-corrected chi connectivity index (χ4v) is 1.67. The van der Waals surface area contributed by atoms with Gasteiger partial charge >= 0.3 is 5.97 Å². The first kappa shape index (κ1) is 15.4. The molecule has 106 valence electrons. The van der Waals surface area contributed by atoms with Crippen LogP contribution in [0.4, 0.5) is 4.39 Å². The number of carboxylic acids is 1. The molecule has 0 bridgehead atoms. The molecule has 0 spiro atoms. The van der Waals surface area contributed by atoms with Crippen LogP contribution >= 0.6 is 0 Å². The summed E-state index contributed by atoms with van der Waals surface area (Å²) in [7, 11) is 0. The summed E-state index contributed by atoms with van der Waals surface area (Å²) >= 11 is 0. The van der Waals surface area contributed by atoms with Gasteiger partial charge < -0.3 is 15.2 Å². The topological polar surface area (TPSA) is 58.6 Å². The smallest absolute Gasteiger partial charge is 0.320 e. The summed E-state index contributed by atoms with van der Waals surface area (Å²) in [6, 6.07) is 5.33. The van der Waals surface area contributed by atoms with E-state index < -0.39 is 12.0 Å². The molecule has 0 fully saturated rings. The lowest BCUT2D eigenvalue weighted by atomic mass is 10.1. The van der Waals surface area contributed by atoms with Gasteiger partial charge in [-0.3, -0.25) is 4.79 Å². The molecule has 0 aliphatic heterocycles. The molecule has 19 heavy (non-hydrogen) atoms. The second-order valence-electron chi connectivity index (χ2n) is 4.29. The Balaban J connectivity index is 2.16. The van der Waals surface area contributed by atoms with Crippen LogP contribution < -0.4 is 10.1 Å². The van der Waals surface area contributed by atoms with Crippen molar-refractivity contribution < 1.29 is 19.0 Å². The molecule has 2 N–H and O–H groups in total. The molecule has 1 rings (SSSR count). The number of halogens is 1. The highest BCUT2D eigenvalue weighted by Crippen LogP contribution is 2.10. The van der Waals surface area contributed by atoms with Crippen molar-refractivity contribution in [1.29, 1.82) is 0 Å². The quantitative estimate of drug-likeness (QED) is 0.676. The minimum absolute atomic E-state index is 0.294. The Bertz CT molecular complexity index is 381. The minimum atomic E-state index is -0.818. The zero-order valence-electron chi connectivity index (χ0n) is 11.1. The molecule has 0 aromatic heterocycles. The minimum Gasteiger partial charge on any atom is -0.494 e. The number of aliphatic carboxylic acids is 1. The van der Waals surface area contributed by atoms with Crippen molar-refractivity contribution in [2.75, 3.05) is 13.2 Å². The summed E-state index contributed by atoms with van der Waals surface area (Å²) in [6.45, 7) is 3.00. The number of nitrogens with one attached hydrogen (secondary N) is 1. The summed E-state index contributed by atoms with van der Waals surface area (Å²) < 4.78 is 18.1. The third-order valence-electron chi connectivity index (χ3n) is 2.67. The molecule has 0 saturated carbocycles. The summed E-state index contributed by atoms with van der Waals surface area (Å²) in [5, 5.41) is 11.9. The maximum Gasteiger partial charge on any atom is 0.320 e. The van der Waals surface area contributed by atoms with Gasteiger partial charge in [-0.2, -0.15) is 0 Å². The number of hydrogen-bond acceptors (Lipinski definition) is 3. The third kappa shape index (κ3) is 6.20. The highest BCUT2D eigenvalue weighted by Gasteiger charge is 2.14. The van der Waals surface area contributed by atoms with Crippen LogP contribution in [0.3, 0.4) is 0 Å². The number of rotatable bonds is 9. The van der Waals surface area contributed by atoms with E-state index in [1.807, 2.05) is 6.92 Å². The van der Waals surface area contributed by atoms with Gasteiger partial charge in [0.25, 0.3) is 0 Å². The summed E-state index contributed by atoms with van der Waals surface area (Å²) in [5.41, 5.74) is 0. The van der Waals surface area contributed by atoms with E-state index in [2.05, 4.69) is 5.32 Å². The van der Waals surface area contributed by atoms with Crippen molar-refractivity contribution in [3.05, 3.63) is 30.1 Å². The molecule has 0 heterocycles. The van der Waals surface area contributed by atoms with Crippen molar-refractivity contribution in [2.45, 2.75) is 32.2 Å². The molecule has 1 atom stereocenters. The van der Waals surface area contributed by atoms with Gasteiger partial charge in [-0.05, 0) is 43.7 Å². The second-order valence-corrected chi connectivity index (χ2v) is 4.29. The molecular weight excluding hydrogens is 249 g/mol. The molecule has 0 saturated heterocycles. The third-order valence-corrected chi connectivity index (χ3v) is 2.67. The van der Waals surface area contributed by atoms with Crippen LogP contribution in [0.1, 0.15) is 26.2 Å². The van der Waals surface area contributed by atoms with E-state index in [4.69, 9.17) is 9.84 Å². The van der Waals surface area contributed by atoms with Gasteiger partial charge in [0.2, 0.25) is 0 Å². The first-order chi connectivity index (χ1) is 9.13. The van der Waals surface area contributed by atoms with E-state index in [0.717, 1.165) is 6.42 Å². The lowest BCUT2D eigenvalue weighted by Gasteiger charge is -2.13. The molecule has 0 aliphatic rings. The predicted molar refractivity (Wildman–Crippen MR) is 70.8 cm³/mol. The van der Waals surface area contributed by atoms with Crippen LogP contribution in [0.15, 0.2) is 24.3 Å². The Morgan fingerprint density at radius 3 is 2.68 bits per heavy atom. The van der Waals surface area contributed by atoms with Crippen molar-refractivity contribution in [2.24, 2.45) is 0 Å². The molecule has 1 unspecified atom stereocenters. The van der Waals surface area contributed by atoms with Crippen LogP contribution in [0, 0.1) is 5.82 Å². The van der Waals surface area contributed by atoms with Gasteiger partial charge in [-0.15, -0.1) is 0 Å². The Hall–Kier alpha value is -1.62. The maximum atomic E-state index is 12.6. The molecule has 4 nitrogen and oxygen atoms in total. The molecule has 5 heteroatoms. The SMILES string of the molecule is CCCC(NCCCOc1ccc(F)cc1)C(=O)O. The van der Waals surface area contributed by atoms with Crippen molar-refractivity contribution >= 4 is 5.97 Å². The van der Waals surface area contributed by atoms with Crippen LogP contribution in [-0.4, -0.2) is 30.3 Å². The fourth-order valence-electron chi connectivity index (χ4n) is 1.67. The highest BCUT2D eigenvalue weighted by atomic mass is 19.1. The van der Waals surface area contributed by atoms with E-state index in [-0.39, 0.29) is 5.82 Å². The zero-order chi connectivity index (χ0) is 14.1. The summed E-state index contributed by atoms with van der Waals surface area (Å²) in [6.07, 6.45) is 2.15. The average molecular weight is 269 g/mol. The van der Waals surface area contributed by atoms with Gasteiger partial charge in [0.15, 0.2) is 0 Å². The number of carbonyl (C=O) groups is 1. The van der Waals surface area contributed by atoms with Gasteiger partial charge in [-0.1, -0.05) is 13.3 Å². The Labute approximate surface area is 112 Å². The lowest BCUT2D eigenvalue weighted by Crippen LogP contribution is -2.37. The van der Waals surface area contributed by atoms with E-state index in [1.54, 1.807) is 12.1 Å². The Kier molecular flexibility index (Phi) is 6.89. The second kappa shape index (κ2) is 8.48. The predicted octanol–water partition coefficient (Wildman–Crippen LogP) is 2.44. The largest absolute Gasteiger partial charge is 0.494 e. The van der Waals surface area contributed by atoms with Crippen molar-refractivity contribution in [3.8, 4) is 5.75 Å². The normalized spacial score (nSPS) is 12.1. The van der Waals surface area contributed by atoms with Crippen LogP contribution in [-0.2, 0) is 4.79 Å². The van der Waals surface area contributed by atoms with E-state index >= 15 is 0 Å². The number of hydrogen-bond donors (Lipinski definition) is 2. The van der Waals surface area contributed by atoms with Gasteiger partial charge in [-0.25, -0.2) is 4.39 Å². The number of benzene rings is 1. The van der Waals surface area contributed by atoms with Gasteiger partial charge in [0.1, 0.15) is 17.6 Å². The molecule has 0 amide bonds. The highest BCUT2D eigenvalue weighted by molar-refractivity contribution is 5.73. The number of ether oxygens (including phenoxy) is 1. The molecule has 1 aromatic carbocycles. The Morgan fingerprint density at radius 1 is 1.42 bits per heavy atom. The summed E-state index contributed by atoms with van der Waals surface area (Å²) in [4.78, 5) is 10.9. The fraction of sp³-hybridized carbons (Fsp3) is 0.500. The average Bonchev–Trinajstić information content (AvgIpc) is 2.39. The first-order valence-electron chi connectivity index (χ1n) is 6.48. The molecular formula is C14H20FNO3. The molecule has 0 aliphatic carbocycles. The maximum absolute atomic E-state index is 12.6. The molecule has 1 aromatic rings. The van der Waals surface area contributed by atoms with Gasteiger partial charge in [0.05, 0.1) is 6.61 Å². The lowest BCUT2D eigenvalue weighted by molar-refractivity contribution is -0.139. The van der Waals surface area contributed by atoms with E-state index in [9.17, 15) is 9.18 Å². The van der Waals surface area contributed by atoms with E-state index in [1.165, 1.54) is 12.1 Å². The monoisotopic (exact) mass is 269 g/mol. The van der Waals surface area contributed by atoms with Crippen LogP contribution in [0.25, 0.3) is 0 Å². The van der Waals surface area contributed by atoms with Crippen molar-refractivity contribution in [3.63, 3.8) is 0 Å².